The van der Waals surface area contributed by atoms with Crippen molar-refractivity contribution in [3.8, 4) is 11.5 Å². The monoisotopic (exact) mass is 288 g/mol. The Hall–Kier alpha value is -1.73. The van der Waals surface area contributed by atoms with Crippen LogP contribution in [0.15, 0.2) is 18.2 Å². The van der Waals surface area contributed by atoms with Crippen molar-refractivity contribution < 1.29 is 32.5 Å². The van der Waals surface area contributed by atoms with E-state index < -0.39 is 18.4 Å². The van der Waals surface area contributed by atoms with Crippen molar-refractivity contribution in [2.24, 2.45) is 0 Å². The Kier molecular flexibility index (Phi) is 4.20. The van der Waals surface area contributed by atoms with E-state index in [4.69, 9.17) is 9.47 Å². The number of carbonyl (C=O) groups excluding carboxylic acids is 1. The average molecular weight is 288 g/mol. The maximum absolute atomic E-state index is 13.1. The third-order valence-corrected chi connectivity index (χ3v) is 2.54. The van der Waals surface area contributed by atoms with E-state index in [0.717, 1.165) is 0 Å². The number of hydrogen-bond donors (Lipinski definition) is 0. The molecule has 1 aromatic carbocycles. The Morgan fingerprint density at radius 2 is 1.90 bits per heavy atom. The molecule has 0 saturated carbocycles. The van der Waals surface area contributed by atoms with Gasteiger partial charge < -0.3 is 18.9 Å². The first-order chi connectivity index (χ1) is 9.48. The van der Waals surface area contributed by atoms with Crippen LogP contribution in [0, 0.1) is 0 Å². The molecule has 0 radical (unpaired) electrons. The first-order valence-corrected chi connectivity index (χ1v) is 6.14. The molecule has 0 atom stereocenters. The Bertz CT molecular complexity index is 498. The van der Waals surface area contributed by atoms with Gasteiger partial charge in [0.25, 0.3) is 0 Å². The number of fused-ring (bicyclic) bond motifs is 1. The zero-order valence-electron chi connectivity index (χ0n) is 11.0. The summed E-state index contributed by atoms with van der Waals surface area (Å²) in [4.78, 5) is 12.3. The van der Waals surface area contributed by atoms with Gasteiger partial charge in [0.1, 0.15) is 0 Å². The van der Waals surface area contributed by atoms with Gasteiger partial charge in [-0.3, -0.25) is 4.79 Å². The standard InChI is InChI=1S/C13H14F2O5/c1-3-17-12(18-4-2)10(16)8-6-5-7-9-11(8)20-13(14,15)19-9/h5-7,12H,3-4H2,1-2H3. The maximum Gasteiger partial charge on any atom is 0.586 e. The van der Waals surface area contributed by atoms with E-state index in [0.29, 0.717) is 0 Å². The molecular weight excluding hydrogens is 274 g/mol. The fourth-order valence-corrected chi connectivity index (χ4v) is 1.79. The highest BCUT2D eigenvalue weighted by molar-refractivity contribution is 6.01. The van der Waals surface area contributed by atoms with Gasteiger partial charge in [0.2, 0.25) is 12.1 Å². The van der Waals surface area contributed by atoms with E-state index in [9.17, 15) is 13.6 Å². The van der Waals surface area contributed by atoms with Gasteiger partial charge in [-0.15, -0.1) is 8.78 Å². The van der Waals surface area contributed by atoms with Gasteiger partial charge in [-0.05, 0) is 26.0 Å². The van der Waals surface area contributed by atoms with Crippen molar-refractivity contribution >= 4 is 5.78 Å². The molecule has 20 heavy (non-hydrogen) atoms. The van der Waals surface area contributed by atoms with Crippen LogP contribution in [0.3, 0.4) is 0 Å². The highest BCUT2D eigenvalue weighted by Crippen LogP contribution is 2.43. The molecule has 1 aliphatic rings. The number of rotatable bonds is 6. The first-order valence-electron chi connectivity index (χ1n) is 6.14. The molecule has 0 N–H and O–H groups in total. The van der Waals surface area contributed by atoms with Crippen molar-refractivity contribution in [1.29, 1.82) is 0 Å². The second-order valence-electron chi connectivity index (χ2n) is 3.91. The van der Waals surface area contributed by atoms with Crippen LogP contribution in [0.4, 0.5) is 8.78 Å². The van der Waals surface area contributed by atoms with Crippen LogP contribution in [0.5, 0.6) is 11.5 Å². The van der Waals surface area contributed by atoms with E-state index in [-0.39, 0.29) is 30.3 Å². The molecule has 0 bridgehead atoms. The number of ether oxygens (including phenoxy) is 4. The summed E-state index contributed by atoms with van der Waals surface area (Å²) in [7, 11) is 0. The summed E-state index contributed by atoms with van der Waals surface area (Å²) < 4.78 is 45.1. The summed E-state index contributed by atoms with van der Waals surface area (Å²) in [6.45, 7) is 3.89. The van der Waals surface area contributed by atoms with Gasteiger partial charge in [0.15, 0.2) is 11.5 Å². The molecule has 0 spiro atoms. The van der Waals surface area contributed by atoms with Crippen LogP contribution in [0.25, 0.3) is 0 Å². The lowest BCUT2D eigenvalue weighted by Gasteiger charge is -2.16. The van der Waals surface area contributed by atoms with Crippen molar-refractivity contribution in [3.63, 3.8) is 0 Å². The topological polar surface area (TPSA) is 54.0 Å². The van der Waals surface area contributed by atoms with Gasteiger partial charge in [-0.1, -0.05) is 6.07 Å². The Morgan fingerprint density at radius 3 is 2.50 bits per heavy atom. The molecule has 0 aromatic heterocycles. The minimum Gasteiger partial charge on any atom is -0.395 e. The van der Waals surface area contributed by atoms with Crippen LogP contribution in [-0.2, 0) is 9.47 Å². The minimum atomic E-state index is -3.77. The number of hydrogen-bond acceptors (Lipinski definition) is 5. The summed E-state index contributed by atoms with van der Waals surface area (Å²) in [5.74, 6) is -1.08. The van der Waals surface area contributed by atoms with Crippen molar-refractivity contribution in [1.82, 2.24) is 0 Å². The molecule has 0 fully saturated rings. The normalized spacial score (nSPS) is 15.7. The molecule has 110 valence electrons. The maximum atomic E-state index is 13.1. The molecule has 5 nitrogen and oxygen atoms in total. The molecule has 0 saturated heterocycles. The molecule has 1 aliphatic heterocycles. The molecule has 1 heterocycles. The first kappa shape index (κ1) is 14.7. The number of alkyl halides is 2. The number of para-hydroxylation sites is 1. The predicted molar refractivity (Wildman–Crippen MR) is 64.0 cm³/mol. The van der Waals surface area contributed by atoms with E-state index in [1.54, 1.807) is 13.8 Å². The van der Waals surface area contributed by atoms with Gasteiger partial charge in [-0.2, -0.15) is 0 Å². The van der Waals surface area contributed by atoms with Crippen LogP contribution >= 0.6 is 0 Å². The zero-order chi connectivity index (χ0) is 14.8. The van der Waals surface area contributed by atoms with E-state index in [1.807, 2.05) is 0 Å². The fraction of sp³-hybridized carbons (Fsp3) is 0.462. The van der Waals surface area contributed by atoms with Crippen molar-refractivity contribution in [3.05, 3.63) is 23.8 Å². The molecule has 0 aliphatic carbocycles. The predicted octanol–water partition coefficient (Wildman–Crippen LogP) is 2.59. The highest BCUT2D eigenvalue weighted by Gasteiger charge is 2.45. The lowest BCUT2D eigenvalue weighted by molar-refractivity contribution is -0.286. The quantitative estimate of drug-likeness (QED) is 0.595. The number of halogens is 2. The van der Waals surface area contributed by atoms with E-state index in [1.165, 1.54) is 18.2 Å². The van der Waals surface area contributed by atoms with Crippen LogP contribution < -0.4 is 9.47 Å². The van der Waals surface area contributed by atoms with Crippen LogP contribution in [0.2, 0.25) is 0 Å². The summed E-state index contributed by atoms with van der Waals surface area (Å²) in [6, 6.07) is 4.08. The Balaban J connectivity index is 2.30. The number of Topliss-reactive ketones (excluding diaryl/α,β-unsaturated/α-hetero) is 1. The number of benzene rings is 1. The molecule has 2 rings (SSSR count). The number of carbonyl (C=O) groups is 1. The molecule has 7 heteroatoms. The summed E-state index contributed by atoms with van der Waals surface area (Å²) >= 11 is 0. The fourth-order valence-electron chi connectivity index (χ4n) is 1.79. The Labute approximate surface area is 114 Å². The van der Waals surface area contributed by atoms with Crippen LogP contribution in [-0.4, -0.2) is 31.6 Å². The van der Waals surface area contributed by atoms with Crippen LogP contribution in [0.1, 0.15) is 24.2 Å². The number of ketones is 1. The molecule has 0 amide bonds. The molecule has 1 aromatic rings. The van der Waals surface area contributed by atoms with Gasteiger partial charge in [0, 0.05) is 13.2 Å². The summed E-state index contributed by atoms with van der Waals surface area (Å²) in [5.41, 5.74) is -0.0634. The molecular formula is C13H14F2O5. The van der Waals surface area contributed by atoms with Crippen molar-refractivity contribution in [2.45, 2.75) is 26.4 Å². The summed E-state index contributed by atoms with van der Waals surface area (Å²) in [6.07, 6.45) is -4.93. The van der Waals surface area contributed by atoms with Gasteiger partial charge >= 0.3 is 6.29 Å². The van der Waals surface area contributed by atoms with E-state index >= 15 is 0 Å². The minimum absolute atomic E-state index is 0.0634. The third kappa shape index (κ3) is 2.88. The Morgan fingerprint density at radius 1 is 1.25 bits per heavy atom. The lowest BCUT2D eigenvalue weighted by Crippen LogP contribution is -2.29. The smallest absolute Gasteiger partial charge is 0.395 e. The van der Waals surface area contributed by atoms with Crippen molar-refractivity contribution in [2.75, 3.05) is 13.2 Å². The van der Waals surface area contributed by atoms with E-state index in [2.05, 4.69) is 9.47 Å². The van der Waals surface area contributed by atoms with Gasteiger partial charge in [0.05, 0.1) is 5.56 Å². The lowest BCUT2D eigenvalue weighted by atomic mass is 10.1. The highest BCUT2D eigenvalue weighted by atomic mass is 19.3. The third-order valence-electron chi connectivity index (χ3n) is 2.54. The largest absolute Gasteiger partial charge is 0.586 e. The van der Waals surface area contributed by atoms with Gasteiger partial charge in [-0.25, -0.2) is 0 Å². The second kappa shape index (κ2) is 5.72. The SMILES string of the molecule is CCOC(OCC)C(=O)c1cccc2c1OC(F)(F)O2. The molecule has 0 unspecified atom stereocenters. The zero-order valence-corrected chi connectivity index (χ0v) is 11.0. The second-order valence-corrected chi connectivity index (χ2v) is 3.91. The average Bonchev–Trinajstić information content (AvgIpc) is 2.71. The summed E-state index contributed by atoms with van der Waals surface area (Å²) in [5, 5.41) is 0.